The standard InChI is InChI=1S/C26H33N5O2S/c1-17(2)23(18-10-12-20(13-11-18)26(3,4)5)29-24(33)19-8-7-9-21(14-19)28-22(32)15-34-25-30-27-16-31(25)6/h7-14,16-17,23H,15H2,1-6H3,(H,28,32)(H,29,33). The van der Waals surface area contributed by atoms with Gasteiger partial charge in [-0.15, -0.1) is 10.2 Å². The van der Waals surface area contributed by atoms with Crippen molar-refractivity contribution >= 4 is 29.3 Å². The number of thioether (sulfide) groups is 1. The average molecular weight is 480 g/mol. The van der Waals surface area contributed by atoms with Crippen molar-refractivity contribution in [1.29, 1.82) is 0 Å². The normalized spacial score (nSPS) is 12.4. The molecule has 3 rings (SSSR count). The van der Waals surface area contributed by atoms with Crippen LogP contribution >= 0.6 is 11.8 Å². The quantitative estimate of drug-likeness (QED) is 0.445. The first-order valence-corrected chi connectivity index (χ1v) is 12.3. The van der Waals surface area contributed by atoms with Crippen LogP contribution in [0.2, 0.25) is 0 Å². The van der Waals surface area contributed by atoms with Crippen molar-refractivity contribution in [2.45, 2.75) is 51.2 Å². The minimum atomic E-state index is -0.178. The van der Waals surface area contributed by atoms with E-state index in [4.69, 9.17) is 0 Å². The molecule has 0 radical (unpaired) electrons. The molecule has 1 atom stereocenters. The van der Waals surface area contributed by atoms with Crippen LogP contribution in [-0.4, -0.2) is 32.3 Å². The van der Waals surface area contributed by atoms with Gasteiger partial charge in [0.1, 0.15) is 6.33 Å². The van der Waals surface area contributed by atoms with E-state index < -0.39 is 0 Å². The summed E-state index contributed by atoms with van der Waals surface area (Å²) in [7, 11) is 1.83. The lowest BCUT2D eigenvalue weighted by atomic mass is 9.85. The third-order valence-corrected chi connectivity index (χ3v) is 6.53. The number of aromatic nitrogens is 3. The van der Waals surface area contributed by atoms with Crippen molar-refractivity contribution in [3.05, 3.63) is 71.5 Å². The number of amides is 2. The Kier molecular flexibility index (Phi) is 8.15. The fourth-order valence-electron chi connectivity index (χ4n) is 3.52. The van der Waals surface area contributed by atoms with E-state index in [1.165, 1.54) is 17.3 Å². The number of nitrogens with one attached hydrogen (secondary N) is 2. The van der Waals surface area contributed by atoms with Gasteiger partial charge in [0.05, 0.1) is 11.8 Å². The SMILES string of the molecule is CC(C)C(NC(=O)c1cccc(NC(=O)CSc2nncn2C)c1)c1ccc(C(C)(C)C)cc1. The highest BCUT2D eigenvalue weighted by Crippen LogP contribution is 2.27. The maximum absolute atomic E-state index is 13.1. The molecule has 1 aromatic heterocycles. The van der Waals surface area contributed by atoms with E-state index in [9.17, 15) is 9.59 Å². The first-order valence-electron chi connectivity index (χ1n) is 11.3. The zero-order chi connectivity index (χ0) is 24.9. The minimum absolute atomic E-state index is 0.0761. The lowest BCUT2D eigenvalue weighted by Gasteiger charge is -2.25. The molecule has 7 nitrogen and oxygen atoms in total. The second-order valence-corrected chi connectivity index (χ2v) is 10.7. The number of aryl methyl sites for hydroxylation is 1. The molecule has 2 N–H and O–H groups in total. The van der Waals surface area contributed by atoms with Gasteiger partial charge in [0, 0.05) is 18.3 Å². The van der Waals surface area contributed by atoms with Gasteiger partial charge in [-0.1, -0.05) is 76.7 Å². The number of hydrogen-bond donors (Lipinski definition) is 2. The van der Waals surface area contributed by atoms with E-state index in [1.54, 1.807) is 35.2 Å². The number of hydrogen-bond acceptors (Lipinski definition) is 5. The monoisotopic (exact) mass is 479 g/mol. The van der Waals surface area contributed by atoms with E-state index in [0.29, 0.717) is 16.4 Å². The van der Waals surface area contributed by atoms with E-state index in [-0.39, 0.29) is 34.9 Å². The third-order valence-electron chi connectivity index (χ3n) is 5.50. The van der Waals surface area contributed by atoms with E-state index in [1.807, 2.05) is 7.05 Å². The lowest BCUT2D eigenvalue weighted by molar-refractivity contribution is -0.113. The number of carbonyl (C=O) groups is 2. The molecule has 0 aliphatic heterocycles. The Morgan fingerprint density at radius 2 is 1.79 bits per heavy atom. The van der Waals surface area contributed by atoms with E-state index in [2.05, 4.69) is 79.7 Å². The van der Waals surface area contributed by atoms with Crippen molar-refractivity contribution < 1.29 is 9.59 Å². The number of benzene rings is 2. The minimum Gasteiger partial charge on any atom is -0.345 e. The molecular formula is C26H33N5O2S. The van der Waals surface area contributed by atoms with Gasteiger partial charge in [0.2, 0.25) is 5.91 Å². The summed E-state index contributed by atoms with van der Waals surface area (Å²) in [6.45, 7) is 10.7. The smallest absolute Gasteiger partial charge is 0.251 e. The van der Waals surface area contributed by atoms with Crippen LogP contribution in [0.15, 0.2) is 60.0 Å². The molecule has 34 heavy (non-hydrogen) atoms. The molecule has 1 heterocycles. The highest BCUT2D eigenvalue weighted by atomic mass is 32.2. The Labute approximate surface area is 205 Å². The molecule has 0 saturated heterocycles. The number of rotatable bonds is 8. The molecule has 8 heteroatoms. The molecule has 0 spiro atoms. The van der Waals surface area contributed by atoms with Crippen LogP contribution in [0.3, 0.4) is 0 Å². The molecule has 1 unspecified atom stereocenters. The molecular weight excluding hydrogens is 446 g/mol. The predicted octanol–water partition coefficient (Wildman–Crippen LogP) is 4.97. The predicted molar refractivity (Wildman–Crippen MR) is 137 cm³/mol. The van der Waals surface area contributed by atoms with Crippen molar-refractivity contribution in [3.8, 4) is 0 Å². The van der Waals surface area contributed by atoms with Crippen LogP contribution in [0.5, 0.6) is 0 Å². The molecule has 3 aromatic rings. The Hall–Kier alpha value is -3.13. The highest BCUT2D eigenvalue weighted by molar-refractivity contribution is 7.99. The Bertz CT molecular complexity index is 1130. The van der Waals surface area contributed by atoms with Gasteiger partial charge in [0.15, 0.2) is 5.16 Å². The second-order valence-electron chi connectivity index (χ2n) is 9.71. The second kappa shape index (κ2) is 10.9. The molecule has 0 fully saturated rings. The zero-order valence-electron chi connectivity index (χ0n) is 20.6. The summed E-state index contributed by atoms with van der Waals surface area (Å²) in [5.41, 5.74) is 3.47. The molecule has 2 aromatic carbocycles. The summed E-state index contributed by atoms with van der Waals surface area (Å²) in [6.07, 6.45) is 1.59. The van der Waals surface area contributed by atoms with Crippen LogP contribution in [0.25, 0.3) is 0 Å². The van der Waals surface area contributed by atoms with E-state index >= 15 is 0 Å². The fraction of sp³-hybridized carbons (Fsp3) is 0.385. The maximum atomic E-state index is 13.1. The summed E-state index contributed by atoms with van der Waals surface area (Å²) in [5.74, 6) is 0.0563. The Balaban J connectivity index is 1.65. The van der Waals surface area contributed by atoms with Gasteiger partial charge in [-0.05, 0) is 40.7 Å². The maximum Gasteiger partial charge on any atom is 0.251 e. The Morgan fingerprint density at radius 1 is 1.09 bits per heavy atom. The van der Waals surface area contributed by atoms with Crippen molar-refractivity contribution in [2.24, 2.45) is 13.0 Å². The largest absolute Gasteiger partial charge is 0.345 e. The van der Waals surface area contributed by atoms with E-state index in [0.717, 1.165) is 5.56 Å². The van der Waals surface area contributed by atoms with Gasteiger partial charge in [-0.3, -0.25) is 9.59 Å². The average Bonchev–Trinajstić information content (AvgIpc) is 3.20. The van der Waals surface area contributed by atoms with Gasteiger partial charge in [-0.2, -0.15) is 0 Å². The third kappa shape index (κ3) is 6.70. The number of carbonyl (C=O) groups excluding carboxylic acids is 2. The van der Waals surface area contributed by atoms with Crippen LogP contribution in [-0.2, 0) is 17.3 Å². The summed E-state index contributed by atoms with van der Waals surface area (Å²) in [4.78, 5) is 25.4. The van der Waals surface area contributed by atoms with Crippen LogP contribution < -0.4 is 10.6 Å². The van der Waals surface area contributed by atoms with Gasteiger partial charge in [0.25, 0.3) is 5.91 Å². The summed E-state index contributed by atoms with van der Waals surface area (Å²) < 4.78 is 1.75. The van der Waals surface area contributed by atoms with Crippen molar-refractivity contribution in [1.82, 2.24) is 20.1 Å². The molecule has 0 aliphatic carbocycles. The summed E-state index contributed by atoms with van der Waals surface area (Å²) in [6, 6.07) is 15.3. The molecule has 0 saturated carbocycles. The van der Waals surface area contributed by atoms with Crippen LogP contribution in [0.4, 0.5) is 5.69 Å². The molecule has 0 aliphatic rings. The van der Waals surface area contributed by atoms with Crippen LogP contribution in [0, 0.1) is 5.92 Å². The topological polar surface area (TPSA) is 88.9 Å². The summed E-state index contributed by atoms with van der Waals surface area (Å²) in [5, 5.41) is 14.4. The zero-order valence-corrected chi connectivity index (χ0v) is 21.4. The van der Waals surface area contributed by atoms with Gasteiger partial charge in [-0.25, -0.2) is 0 Å². The first kappa shape index (κ1) is 25.5. The van der Waals surface area contributed by atoms with Crippen molar-refractivity contribution in [3.63, 3.8) is 0 Å². The summed E-state index contributed by atoms with van der Waals surface area (Å²) >= 11 is 1.30. The molecule has 0 bridgehead atoms. The van der Waals surface area contributed by atoms with Gasteiger partial charge >= 0.3 is 0 Å². The lowest BCUT2D eigenvalue weighted by Crippen LogP contribution is -2.32. The number of nitrogens with zero attached hydrogens (tertiary/aromatic N) is 3. The number of anilines is 1. The molecule has 180 valence electrons. The fourth-order valence-corrected chi connectivity index (χ4v) is 4.21. The van der Waals surface area contributed by atoms with Crippen molar-refractivity contribution in [2.75, 3.05) is 11.1 Å². The Morgan fingerprint density at radius 3 is 2.38 bits per heavy atom. The highest BCUT2D eigenvalue weighted by Gasteiger charge is 2.21. The van der Waals surface area contributed by atoms with Crippen LogP contribution in [0.1, 0.15) is 62.1 Å². The first-order chi connectivity index (χ1) is 16.0. The van der Waals surface area contributed by atoms with Gasteiger partial charge < -0.3 is 15.2 Å². The molecule has 2 amide bonds.